The summed E-state index contributed by atoms with van der Waals surface area (Å²) in [6, 6.07) is 17.6. The van der Waals surface area contributed by atoms with E-state index in [-0.39, 0.29) is 0 Å². The molecule has 2 aliphatic rings. The van der Waals surface area contributed by atoms with E-state index in [0.29, 0.717) is 11.6 Å². The smallest absolute Gasteiger partial charge is 0.0892 e. The Labute approximate surface area is 195 Å². The molecule has 0 bridgehead atoms. The molecule has 174 valence electrons. The van der Waals surface area contributed by atoms with Crippen molar-refractivity contribution in [2.75, 3.05) is 31.2 Å². The average molecular weight is 435 g/mol. The number of benzene rings is 2. The molecule has 3 heteroatoms. The molecule has 32 heavy (non-hydrogen) atoms. The van der Waals surface area contributed by atoms with Gasteiger partial charge in [-0.05, 0) is 68.2 Å². The fourth-order valence-corrected chi connectivity index (χ4v) is 5.80. The minimum absolute atomic E-state index is 0.318. The SMILES string of the molecule is Cc1cccc(C)c1N(c1ccccc1)C(CCOCC1(C)CCCCC1)N1CCCC1. The van der Waals surface area contributed by atoms with Gasteiger partial charge in [-0.1, -0.05) is 62.6 Å². The fourth-order valence-electron chi connectivity index (χ4n) is 5.80. The lowest BCUT2D eigenvalue weighted by Crippen LogP contribution is -2.46. The zero-order valence-corrected chi connectivity index (χ0v) is 20.5. The zero-order valence-electron chi connectivity index (χ0n) is 20.5. The van der Waals surface area contributed by atoms with Crippen LogP contribution in [0.5, 0.6) is 0 Å². The summed E-state index contributed by atoms with van der Waals surface area (Å²) in [5, 5.41) is 0. The van der Waals surface area contributed by atoms with E-state index in [1.165, 1.54) is 80.5 Å². The highest BCUT2D eigenvalue weighted by molar-refractivity contribution is 5.70. The van der Waals surface area contributed by atoms with Crippen molar-refractivity contribution in [3.8, 4) is 0 Å². The predicted molar refractivity (Wildman–Crippen MR) is 136 cm³/mol. The average Bonchev–Trinajstić information content (AvgIpc) is 3.33. The molecule has 1 unspecified atom stereocenters. The first-order valence-electron chi connectivity index (χ1n) is 12.8. The van der Waals surface area contributed by atoms with Crippen molar-refractivity contribution in [1.82, 2.24) is 4.90 Å². The van der Waals surface area contributed by atoms with Crippen molar-refractivity contribution in [3.63, 3.8) is 0 Å². The van der Waals surface area contributed by atoms with Crippen LogP contribution in [-0.2, 0) is 4.74 Å². The number of nitrogens with zero attached hydrogens (tertiary/aromatic N) is 2. The van der Waals surface area contributed by atoms with Gasteiger partial charge in [0.25, 0.3) is 0 Å². The first-order chi connectivity index (χ1) is 15.6. The third-order valence-electron chi connectivity index (χ3n) is 7.61. The lowest BCUT2D eigenvalue weighted by Gasteiger charge is -2.41. The number of para-hydroxylation sites is 2. The van der Waals surface area contributed by atoms with E-state index in [1.807, 2.05) is 0 Å². The van der Waals surface area contributed by atoms with Crippen LogP contribution < -0.4 is 4.90 Å². The summed E-state index contributed by atoms with van der Waals surface area (Å²) >= 11 is 0. The molecule has 1 aliphatic heterocycles. The number of hydrogen-bond donors (Lipinski definition) is 0. The summed E-state index contributed by atoms with van der Waals surface area (Å²) < 4.78 is 6.40. The van der Waals surface area contributed by atoms with Gasteiger partial charge in [0.05, 0.1) is 12.8 Å². The van der Waals surface area contributed by atoms with Crippen LogP contribution in [0.25, 0.3) is 0 Å². The molecule has 0 aromatic heterocycles. The lowest BCUT2D eigenvalue weighted by atomic mass is 9.76. The molecule has 2 aromatic carbocycles. The van der Waals surface area contributed by atoms with Gasteiger partial charge >= 0.3 is 0 Å². The third-order valence-corrected chi connectivity index (χ3v) is 7.61. The Kier molecular flexibility index (Phi) is 7.91. The monoisotopic (exact) mass is 434 g/mol. The number of likely N-dealkylation sites (tertiary alicyclic amines) is 1. The number of aryl methyl sites for hydroxylation is 2. The van der Waals surface area contributed by atoms with Gasteiger partial charge in [-0.15, -0.1) is 0 Å². The van der Waals surface area contributed by atoms with Crippen LogP contribution >= 0.6 is 0 Å². The van der Waals surface area contributed by atoms with Crippen LogP contribution in [0, 0.1) is 19.3 Å². The largest absolute Gasteiger partial charge is 0.381 e. The van der Waals surface area contributed by atoms with E-state index in [9.17, 15) is 0 Å². The second kappa shape index (κ2) is 10.9. The summed E-state index contributed by atoms with van der Waals surface area (Å²) in [5.41, 5.74) is 5.70. The Hall–Kier alpha value is -1.84. The Morgan fingerprint density at radius 1 is 0.875 bits per heavy atom. The molecule has 4 rings (SSSR count). The first-order valence-corrected chi connectivity index (χ1v) is 12.8. The van der Waals surface area contributed by atoms with Gasteiger partial charge in [0.1, 0.15) is 0 Å². The van der Waals surface area contributed by atoms with E-state index in [1.54, 1.807) is 0 Å². The maximum absolute atomic E-state index is 6.40. The van der Waals surface area contributed by atoms with Crippen LogP contribution in [0.4, 0.5) is 11.4 Å². The highest BCUT2D eigenvalue weighted by atomic mass is 16.5. The van der Waals surface area contributed by atoms with Crippen molar-refractivity contribution in [2.45, 2.75) is 78.3 Å². The van der Waals surface area contributed by atoms with E-state index in [0.717, 1.165) is 19.6 Å². The van der Waals surface area contributed by atoms with Crippen molar-refractivity contribution < 1.29 is 4.74 Å². The second-order valence-corrected chi connectivity index (χ2v) is 10.4. The van der Waals surface area contributed by atoms with Crippen molar-refractivity contribution >= 4 is 11.4 Å². The van der Waals surface area contributed by atoms with Crippen LogP contribution in [0.2, 0.25) is 0 Å². The molecule has 1 saturated heterocycles. The number of ether oxygens (including phenoxy) is 1. The van der Waals surface area contributed by atoms with Gasteiger partial charge in [0.2, 0.25) is 0 Å². The van der Waals surface area contributed by atoms with Gasteiger partial charge in [-0.25, -0.2) is 0 Å². The summed E-state index contributed by atoms with van der Waals surface area (Å²) in [4.78, 5) is 5.28. The molecule has 1 saturated carbocycles. The standard InChI is InChI=1S/C29H42N2O/c1-24-13-12-14-25(2)28(24)31(26-15-6-4-7-16-26)27(30-20-10-11-21-30)17-22-32-23-29(3)18-8-5-9-19-29/h4,6-7,12-16,27H,5,8-11,17-23H2,1-3H3. The summed E-state index contributed by atoms with van der Waals surface area (Å²) in [7, 11) is 0. The molecule has 3 nitrogen and oxygen atoms in total. The molecule has 2 aromatic rings. The minimum Gasteiger partial charge on any atom is -0.381 e. The maximum atomic E-state index is 6.40. The molecule has 1 atom stereocenters. The highest BCUT2D eigenvalue weighted by Crippen LogP contribution is 2.38. The topological polar surface area (TPSA) is 15.7 Å². The first kappa shape index (κ1) is 23.3. The molecule has 0 N–H and O–H groups in total. The molecule has 0 spiro atoms. The van der Waals surface area contributed by atoms with E-state index >= 15 is 0 Å². The summed E-state index contributed by atoms with van der Waals surface area (Å²) in [6.07, 6.45) is 10.7. The van der Waals surface area contributed by atoms with Crippen LogP contribution in [-0.4, -0.2) is 37.4 Å². The third kappa shape index (κ3) is 5.55. The van der Waals surface area contributed by atoms with Gasteiger partial charge in [-0.2, -0.15) is 0 Å². The van der Waals surface area contributed by atoms with Gasteiger partial charge in [0.15, 0.2) is 0 Å². The van der Waals surface area contributed by atoms with Crippen molar-refractivity contribution in [3.05, 3.63) is 59.7 Å². The van der Waals surface area contributed by atoms with Gasteiger partial charge in [0, 0.05) is 37.5 Å². The van der Waals surface area contributed by atoms with Crippen molar-refractivity contribution in [2.24, 2.45) is 5.41 Å². The van der Waals surface area contributed by atoms with Crippen molar-refractivity contribution in [1.29, 1.82) is 0 Å². The van der Waals surface area contributed by atoms with Crippen LogP contribution in [0.1, 0.15) is 69.4 Å². The zero-order chi connectivity index (χ0) is 22.4. The molecule has 0 radical (unpaired) electrons. The fraction of sp³-hybridized carbons (Fsp3) is 0.586. The highest BCUT2D eigenvalue weighted by Gasteiger charge is 2.31. The van der Waals surface area contributed by atoms with E-state index < -0.39 is 0 Å². The second-order valence-electron chi connectivity index (χ2n) is 10.4. The molecular weight excluding hydrogens is 392 g/mol. The maximum Gasteiger partial charge on any atom is 0.0892 e. The molecule has 0 amide bonds. The van der Waals surface area contributed by atoms with Crippen LogP contribution in [0.15, 0.2) is 48.5 Å². The Morgan fingerprint density at radius 2 is 1.53 bits per heavy atom. The summed E-state index contributed by atoms with van der Waals surface area (Å²) in [6.45, 7) is 11.0. The Morgan fingerprint density at radius 3 is 2.19 bits per heavy atom. The summed E-state index contributed by atoms with van der Waals surface area (Å²) in [5.74, 6) is 0. The van der Waals surface area contributed by atoms with E-state index in [2.05, 4.69) is 79.1 Å². The normalized spacial score (nSPS) is 19.7. The van der Waals surface area contributed by atoms with Gasteiger partial charge in [-0.3, -0.25) is 4.90 Å². The Balaban J connectivity index is 1.57. The number of anilines is 2. The molecule has 1 heterocycles. The predicted octanol–water partition coefficient (Wildman–Crippen LogP) is 7.24. The molecular formula is C29H42N2O. The van der Waals surface area contributed by atoms with E-state index in [4.69, 9.17) is 4.74 Å². The quantitative estimate of drug-likeness (QED) is 0.387. The Bertz CT molecular complexity index is 817. The molecule has 2 fully saturated rings. The lowest BCUT2D eigenvalue weighted by molar-refractivity contribution is 0.0222. The van der Waals surface area contributed by atoms with Gasteiger partial charge < -0.3 is 9.64 Å². The number of rotatable bonds is 9. The number of hydrogen-bond acceptors (Lipinski definition) is 3. The minimum atomic E-state index is 0.318. The molecule has 1 aliphatic carbocycles. The van der Waals surface area contributed by atoms with Crippen LogP contribution in [0.3, 0.4) is 0 Å².